The van der Waals surface area contributed by atoms with E-state index in [4.69, 9.17) is 9.84 Å². The predicted octanol–water partition coefficient (Wildman–Crippen LogP) is 3.73. The number of hydrogen-bond donors (Lipinski definition) is 2. The van der Waals surface area contributed by atoms with Gasteiger partial charge in [-0.25, -0.2) is 0 Å². The number of aromatic nitrogens is 1. The molecule has 2 N–H and O–H groups in total. The minimum absolute atomic E-state index is 0.102. The molecule has 0 unspecified atom stereocenters. The standard InChI is InChI=1S/C21H26N2O4/c1-4-21(5-2,12-19(24)25)23-20(26)17-8-6-7-16(11-17)14-27-18-10-9-15(3)22-13-18/h6-11,13H,4-5,12,14H2,1-3H3,(H,23,26)(H,24,25). The molecule has 6 heteroatoms. The normalized spacial score (nSPS) is 11.1. The zero-order valence-corrected chi connectivity index (χ0v) is 16.0. The summed E-state index contributed by atoms with van der Waals surface area (Å²) in [5.41, 5.74) is 1.50. The first kappa shape index (κ1) is 20.4. The van der Waals surface area contributed by atoms with Gasteiger partial charge in [-0.05, 0) is 49.6 Å². The van der Waals surface area contributed by atoms with Gasteiger partial charge >= 0.3 is 5.97 Å². The fraction of sp³-hybridized carbons (Fsp3) is 0.381. The van der Waals surface area contributed by atoms with Crippen molar-refractivity contribution in [3.05, 3.63) is 59.4 Å². The van der Waals surface area contributed by atoms with Crippen molar-refractivity contribution in [1.82, 2.24) is 10.3 Å². The molecule has 2 aromatic rings. The van der Waals surface area contributed by atoms with E-state index in [1.807, 2.05) is 39.0 Å². The van der Waals surface area contributed by atoms with Gasteiger partial charge in [-0.1, -0.05) is 26.0 Å². The van der Waals surface area contributed by atoms with Crippen LogP contribution in [0.1, 0.15) is 54.7 Å². The fourth-order valence-corrected chi connectivity index (χ4v) is 2.83. The number of nitrogens with zero attached hydrogens (tertiary/aromatic N) is 1. The molecule has 1 amide bonds. The number of aliphatic carboxylic acids is 1. The van der Waals surface area contributed by atoms with Gasteiger partial charge in [0.1, 0.15) is 12.4 Å². The summed E-state index contributed by atoms with van der Waals surface area (Å²) in [5.74, 6) is -0.542. The third kappa shape index (κ3) is 5.81. The summed E-state index contributed by atoms with van der Waals surface area (Å²) in [5, 5.41) is 12.1. The summed E-state index contributed by atoms with van der Waals surface area (Å²) >= 11 is 0. The Kier molecular flexibility index (Phi) is 6.93. The van der Waals surface area contributed by atoms with E-state index in [0.29, 0.717) is 30.8 Å². The number of carbonyl (C=O) groups excluding carboxylic acids is 1. The molecule has 2 rings (SSSR count). The lowest BCUT2D eigenvalue weighted by Crippen LogP contribution is -2.49. The Morgan fingerprint density at radius 1 is 1.19 bits per heavy atom. The molecule has 0 aliphatic heterocycles. The molecule has 0 fully saturated rings. The van der Waals surface area contributed by atoms with Crippen LogP contribution in [-0.4, -0.2) is 27.5 Å². The van der Waals surface area contributed by atoms with Crippen molar-refractivity contribution in [1.29, 1.82) is 0 Å². The van der Waals surface area contributed by atoms with Crippen molar-refractivity contribution < 1.29 is 19.4 Å². The lowest BCUT2D eigenvalue weighted by molar-refractivity contribution is -0.138. The molecule has 27 heavy (non-hydrogen) atoms. The Labute approximate surface area is 159 Å². The number of benzene rings is 1. The Morgan fingerprint density at radius 3 is 2.52 bits per heavy atom. The van der Waals surface area contributed by atoms with Crippen LogP contribution >= 0.6 is 0 Å². The molecule has 144 valence electrons. The van der Waals surface area contributed by atoms with Crippen molar-refractivity contribution in [3.8, 4) is 5.75 Å². The van der Waals surface area contributed by atoms with Gasteiger partial charge in [-0.15, -0.1) is 0 Å². The number of nitrogens with one attached hydrogen (secondary N) is 1. The second-order valence-corrected chi connectivity index (χ2v) is 6.64. The SMILES string of the molecule is CCC(CC)(CC(=O)O)NC(=O)c1cccc(COc2ccc(C)nc2)c1. The van der Waals surface area contributed by atoms with E-state index in [1.165, 1.54) is 0 Å². The van der Waals surface area contributed by atoms with Crippen LogP contribution in [0, 0.1) is 6.92 Å². The average Bonchev–Trinajstić information content (AvgIpc) is 2.66. The largest absolute Gasteiger partial charge is 0.487 e. The van der Waals surface area contributed by atoms with Gasteiger partial charge in [0.05, 0.1) is 18.2 Å². The zero-order chi connectivity index (χ0) is 19.9. The van der Waals surface area contributed by atoms with Crippen LogP contribution in [0.5, 0.6) is 5.75 Å². The van der Waals surface area contributed by atoms with Crippen molar-refractivity contribution in [3.63, 3.8) is 0 Å². The number of carboxylic acids is 1. The average molecular weight is 370 g/mol. The van der Waals surface area contributed by atoms with Gasteiger partial charge in [-0.2, -0.15) is 0 Å². The summed E-state index contributed by atoms with van der Waals surface area (Å²) in [6.07, 6.45) is 2.65. The number of aryl methyl sites for hydroxylation is 1. The minimum atomic E-state index is -0.923. The van der Waals surface area contributed by atoms with Crippen LogP contribution in [0.2, 0.25) is 0 Å². The molecule has 0 saturated heterocycles. The van der Waals surface area contributed by atoms with Crippen molar-refractivity contribution in [2.24, 2.45) is 0 Å². The van der Waals surface area contributed by atoms with E-state index in [1.54, 1.807) is 24.4 Å². The lowest BCUT2D eigenvalue weighted by Gasteiger charge is -2.31. The van der Waals surface area contributed by atoms with E-state index in [9.17, 15) is 9.59 Å². The van der Waals surface area contributed by atoms with Crippen LogP contribution < -0.4 is 10.1 Å². The monoisotopic (exact) mass is 370 g/mol. The molecular formula is C21H26N2O4. The molecule has 0 aliphatic rings. The third-order valence-electron chi connectivity index (χ3n) is 4.70. The van der Waals surface area contributed by atoms with E-state index in [-0.39, 0.29) is 12.3 Å². The molecule has 0 atom stereocenters. The molecule has 0 spiro atoms. The lowest BCUT2D eigenvalue weighted by atomic mass is 9.88. The van der Waals surface area contributed by atoms with E-state index < -0.39 is 11.5 Å². The second kappa shape index (κ2) is 9.16. The van der Waals surface area contributed by atoms with Crippen LogP contribution in [0.15, 0.2) is 42.6 Å². The highest BCUT2D eigenvalue weighted by atomic mass is 16.5. The molecule has 0 saturated carbocycles. The van der Waals surface area contributed by atoms with Crippen molar-refractivity contribution in [2.75, 3.05) is 0 Å². The number of hydrogen-bond acceptors (Lipinski definition) is 4. The van der Waals surface area contributed by atoms with Gasteiger partial charge in [0.2, 0.25) is 0 Å². The van der Waals surface area contributed by atoms with Crippen LogP contribution in [0.25, 0.3) is 0 Å². The summed E-state index contributed by atoms with van der Waals surface area (Å²) in [7, 11) is 0. The summed E-state index contributed by atoms with van der Waals surface area (Å²) < 4.78 is 5.71. The van der Waals surface area contributed by atoms with Crippen LogP contribution in [0.3, 0.4) is 0 Å². The second-order valence-electron chi connectivity index (χ2n) is 6.64. The molecule has 1 aromatic heterocycles. The van der Waals surface area contributed by atoms with E-state index in [0.717, 1.165) is 11.3 Å². The van der Waals surface area contributed by atoms with Gasteiger partial charge in [-0.3, -0.25) is 14.6 Å². The molecule has 6 nitrogen and oxygen atoms in total. The maximum Gasteiger partial charge on any atom is 0.305 e. The number of amides is 1. The van der Waals surface area contributed by atoms with Gasteiger partial charge < -0.3 is 15.2 Å². The summed E-state index contributed by atoms with van der Waals surface area (Å²) in [6, 6.07) is 10.9. The maximum atomic E-state index is 12.7. The van der Waals surface area contributed by atoms with Gasteiger partial charge in [0.15, 0.2) is 0 Å². The highest BCUT2D eigenvalue weighted by Crippen LogP contribution is 2.21. The fourth-order valence-electron chi connectivity index (χ4n) is 2.83. The number of carbonyl (C=O) groups is 2. The quantitative estimate of drug-likeness (QED) is 0.702. The van der Waals surface area contributed by atoms with Crippen LogP contribution in [0.4, 0.5) is 0 Å². The van der Waals surface area contributed by atoms with Gasteiger partial charge in [0.25, 0.3) is 5.91 Å². The van der Waals surface area contributed by atoms with Crippen LogP contribution in [-0.2, 0) is 11.4 Å². The summed E-state index contributed by atoms with van der Waals surface area (Å²) in [4.78, 5) is 28.0. The Morgan fingerprint density at radius 2 is 1.93 bits per heavy atom. The highest BCUT2D eigenvalue weighted by molar-refractivity contribution is 5.95. The number of carboxylic acid groups (broad SMARTS) is 1. The molecule has 1 heterocycles. The number of pyridine rings is 1. The van der Waals surface area contributed by atoms with Crippen molar-refractivity contribution in [2.45, 2.75) is 52.2 Å². The maximum absolute atomic E-state index is 12.7. The topological polar surface area (TPSA) is 88.5 Å². The highest BCUT2D eigenvalue weighted by Gasteiger charge is 2.31. The predicted molar refractivity (Wildman–Crippen MR) is 103 cm³/mol. The number of rotatable bonds is 9. The first-order chi connectivity index (χ1) is 12.9. The third-order valence-corrected chi connectivity index (χ3v) is 4.70. The first-order valence-electron chi connectivity index (χ1n) is 9.06. The molecular weight excluding hydrogens is 344 g/mol. The Balaban J connectivity index is 2.07. The number of ether oxygens (including phenoxy) is 1. The Bertz CT molecular complexity index is 783. The zero-order valence-electron chi connectivity index (χ0n) is 16.0. The Hall–Kier alpha value is -2.89. The van der Waals surface area contributed by atoms with Crippen molar-refractivity contribution >= 4 is 11.9 Å². The summed E-state index contributed by atoms with van der Waals surface area (Å²) in [6.45, 7) is 5.98. The van der Waals surface area contributed by atoms with E-state index in [2.05, 4.69) is 10.3 Å². The molecule has 0 radical (unpaired) electrons. The molecule has 0 bridgehead atoms. The first-order valence-corrected chi connectivity index (χ1v) is 9.06. The van der Waals surface area contributed by atoms with E-state index >= 15 is 0 Å². The molecule has 1 aromatic carbocycles. The minimum Gasteiger partial charge on any atom is -0.487 e. The smallest absolute Gasteiger partial charge is 0.305 e. The molecule has 0 aliphatic carbocycles. The van der Waals surface area contributed by atoms with Gasteiger partial charge in [0, 0.05) is 11.3 Å².